The van der Waals surface area contributed by atoms with Crippen LogP contribution in [0.15, 0.2) is 0 Å². The normalized spacial score (nSPS) is 14.9. The van der Waals surface area contributed by atoms with Gasteiger partial charge in [-0.1, -0.05) is 20.3 Å². The van der Waals surface area contributed by atoms with Crippen LogP contribution in [0, 0.1) is 17.2 Å². The summed E-state index contributed by atoms with van der Waals surface area (Å²) >= 11 is 0. The summed E-state index contributed by atoms with van der Waals surface area (Å²) in [5.74, 6) is -1.13. The molecule has 76 valence electrons. The Balaban J connectivity index is 4.18. The number of carboxylic acid groups (broad SMARTS) is 1. The molecule has 0 aromatic rings. The molecule has 0 amide bonds. The molecule has 0 saturated carbocycles. The van der Waals surface area contributed by atoms with Crippen LogP contribution in [0.1, 0.15) is 33.1 Å². The minimum Gasteiger partial charge on any atom is -0.481 e. The number of amidine groups is 1. The van der Waals surface area contributed by atoms with Crippen molar-refractivity contribution in [1.82, 2.24) is 0 Å². The van der Waals surface area contributed by atoms with E-state index in [2.05, 4.69) is 0 Å². The van der Waals surface area contributed by atoms with E-state index in [4.69, 9.17) is 16.2 Å². The molecule has 4 heteroatoms. The van der Waals surface area contributed by atoms with Crippen LogP contribution < -0.4 is 5.73 Å². The average Bonchev–Trinajstić information content (AvgIpc) is 1.97. The number of carbonyl (C=O) groups is 1. The molecule has 0 aromatic carbocycles. The van der Waals surface area contributed by atoms with E-state index in [1.807, 2.05) is 13.8 Å². The molecule has 0 bridgehead atoms. The number of rotatable bonds is 6. The lowest BCUT2D eigenvalue weighted by molar-refractivity contribution is -0.143. The number of hydrogen-bond acceptors (Lipinski definition) is 2. The minimum absolute atomic E-state index is 0.0463. The Bertz CT molecular complexity index is 192. The predicted octanol–water partition coefficient (Wildman–Crippen LogP) is 1.45. The maximum Gasteiger partial charge on any atom is 0.306 e. The van der Waals surface area contributed by atoms with Crippen LogP contribution >= 0.6 is 0 Å². The van der Waals surface area contributed by atoms with Crippen molar-refractivity contribution in [2.45, 2.75) is 33.1 Å². The fourth-order valence-corrected chi connectivity index (χ4v) is 1.45. The molecule has 2 atom stereocenters. The quantitative estimate of drug-likeness (QED) is 0.433. The number of carboxylic acids is 1. The van der Waals surface area contributed by atoms with Gasteiger partial charge in [-0.15, -0.1) is 0 Å². The molecule has 0 aromatic heterocycles. The Kier molecular flexibility index (Phi) is 5.11. The van der Waals surface area contributed by atoms with Crippen molar-refractivity contribution >= 4 is 11.8 Å². The third-order valence-corrected chi connectivity index (χ3v) is 2.15. The molecule has 0 saturated heterocycles. The summed E-state index contributed by atoms with van der Waals surface area (Å²) in [7, 11) is 0. The van der Waals surface area contributed by atoms with Gasteiger partial charge < -0.3 is 10.8 Å². The van der Waals surface area contributed by atoms with Crippen molar-refractivity contribution in [3.63, 3.8) is 0 Å². The zero-order chi connectivity index (χ0) is 10.4. The molecule has 0 radical (unpaired) electrons. The van der Waals surface area contributed by atoms with Gasteiger partial charge in [-0.05, 0) is 12.3 Å². The minimum atomic E-state index is -0.782. The molecule has 4 nitrogen and oxygen atoms in total. The molecule has 0 aliphatic carbocycles. The van der Waals surface area contributed by atoms with Crippen LogP contribution in [0.25, 0.3) is 0 Å². The maximum atomic E-state index is 10.8. The maximum absolute atomic E-state index is 10.8. The topological polar surface area (TPSA) is 87.2 Å². The van der Waals surface area contributed by atoms with E-state index in [-0.39, 0.29) is 17.7 Å². The van der Waals surface area contributed by atoms with E-state index in [1.165, 1.54) is 0 Å². The standard InChI is InChI=1S/C9H18N2O2/c1-3-4-7(9(12)13)6(2)5-8(10)11/h6-7H,3-5H2,1-2H3,(H3,10,11)(H,12,13). The number of aliphatic carboxylic acids is 1. The van der Waals surface area contributed by atoms with Gasteiger partial charge in [-0.25, -0.2) is 0 Å². The van der Waals surface area contributed by atoms with Crippen molar-refractivity contribution < 1.29 is 9.90 Å². The zero-order valence-electron chi connectivity index (χ0n) is 8.21. The molecule has 0 rings (SSSR count). The van der Waals surface area contributed by atoms with Gasteiger partial charge in [0, 0.05) is 6.42 Å². The Hall–Kier alpha value is -1.06. The van der Waals surface area contributed by atoms with Crippen LogP contribution in [0.2, 0.25) is 0 Å². The lowest BCUT2D eigenvalue weighted by Gasteiger charge is -2.18. The first-order chi connectivity index (χ1) is 5.99. The summed E-state index contributed by atoms with van der Waals surface area (Å²) in [6.07, 6.45) is 1.87. The molecule has 0 aliphatic heterocycles. The van der Waals surface area contributed by atoms with Crippen molar-refractivity contribution in [3.05, 3.63) is 0 Å². The summed E-state index contributed by atoms with van der Waals surface area (Å²) < 4.78 is 0. The Labute approximate surface area is 78.6 Å². The van der Waals surface area contributed by atoms with Crippen molar-refractivity contribution in [3.8, 4) is 0 Å². The van der Waals surface area contributed by atoms with Crippen molar-refractivity contribution in [2.24, 2.45) is 17.6 Å². The molecule has 0 aliphatic rings. The van der Waals surface area contributed by atoms with Crippen LogP contribution in [-0.4, -0.2) is 16.9 Å². The van der Waals surface area contributed by atoms with Crippen molar-refractivity contribution in [2.75, 3.05) is 0 Å². The third-order valence-electron chi connectivity index (χ3n) is 2.15. The highest BCUT2D eigenvalue weighted by atomic mass is 16.4. The van der Waals surface area contributed by atoms with Gasteiger partial charge in [-0.2, -0.15) is 0 Å². The SMILES string of the molecule is CCCC(C(=O)O)C(C)CC(=N)N. The second-order valence-electron chi connectivity index (χ2n) is 3.44. The smallest absolute Gasteiger partial charge is 0.306 e. The Morgan fingerprint density at radius 2 is 2.15 bits per heavy atom. The van der Waals surface area contributed by atoms with Crippen molar-refractivity contribution in [1.29, 1.82) is 5.41 Å². The number of nitrogens with two attached hydrogens (primary N) is 1. The fraction of sp³-hybridized carbons (Fsp3) is 0.778. The summed E-state index contributed by atoms with van der Waals surface area (Å²) in [6, 6.07) is 0. The molecule has 0 fully saturated rings. The second kappa shape index (κ2) is 5.56. The summed E-state index contributed by atoms with van der Waals surface area (Å²) in [5.41, 5.74) is 5.22. The average molecular weight is 186 g/mol. The summed E-state index contributed by atoms with van der Waals surface area (Å²) in [6.45, 7) is 3.78. The van der Waals surface area contributed by atoms with Gasteiger partial charge in [0.25, 0.3) is 0 Å². The summed E-state index contributed by atoms with van der Waals surface area (Å²) in [4.78, 5) is 10.8. The third kappa shape index (κ3) is 4.50. The van der Waals surface area contributed by atoms with Gasteiger partial charge in [0.15, 0.2) is 0 Å². The highest BCUT2D eigenvalue weighted by molar-refractivity contribution is 5.78. The first-order valence-corrected chi connectivity index (χ1v) is 4.54. The first-order valence-electron chi connectivity index (χ1n) is 4.54. The molecular weight excluding hydrogens is 168 g/mol. The van der Waals surface area contributed by atoms with Crippen LogP contribution in [0.4, 0.5) is 0 Å². The van der Waals surface area contributed by atoms with Gasteiger partial charge in [0.2, 0.25) is 0 Å². The highest BCUT2D eigenvalue weighted by Gasteiger charge is 2.23. The van der Waals surface area contributed by atoms with Crippen LogP contribution in [-0.2, 0) is 4.79 Å². The molecule has 2 unspecified atom stereocenters. The number of nitrogens with one attached hydrogen (secondary N) is 1. The Morgan fingerprint density at radius 3 is 2.46 bits per heavy atom. The Morgan fingerprint density at radius 1 is 1.62 bits per heavy atom. The highest BCUT2D eigenvalue weighted by Crippen LogP contribution is 2.20. The van der Waals surface area contributed by atoms with E-state index >= 15 is 0 Å². The first kappa shape index (κ1) is 11.9. The number of hydrogen-bond donors (Lipinski definition) is 3. The molecule has 13 heavy (non-hydrogen) atoms. The lowest BCUT2D eigenvalue weighted by Crippen LogP contribution is -2.25. The second-order valence-corrected chi connectivity index (χ2v) is 3.44. The lowest BCUT2D eigenvalue weighted by atomic mass is 9.87. The molecule has 0 spiro atoms. The molecular formula is C9H18N2O2. The van der Waals surface area contributed by atoms with E-state index in [0.29, 0.717) is 12.8 Å². The largest absolute Gasteiger partial charge is 0.481 e. The monoisotopic (exact) mass is 186 g/mol. The molecule has 4 N–H and O–H groups in total. The fourth-order valence-electron chi connectivity index (χ4n) is 1.45. The van der Waals surface area contributed by atoms with Crippen LogP contribution in [0.5, 0.6) is 0 Å². The van der Waals surface area contributed by atoms with Crippen LogP contribution in [0.3, 0.4) is 0 Å². The summed E-state index contributed by atoms with van der Waals surface area (Å²) in [5, 5.41) is 16.0. The van der Waals surface area contributed by atoms with E-state index in [1.54, 1.807) is 0 Å². The van der Waals surface area contributed by atoms with Gasteiger partial charge >= 0.3 is 5.97 Å². The predicted molar refractivity (Wildman–Crippen MR) is 51.7 cm³/mol. The molecule has 0 heterocycles. The van der Waals surface area contributed by atoms with E-state index in [9.17, 15) is 4.79 Å². The van der Waals surface area contributed by atoms with Gasteiger partial charge in [0.1, 0.15) is 0 Å². The van der Waals surface area contributed by atoms with E-state index in [0.717, 1.165) is 6.42 Å². The van der Waals surface area contributed by atoms with Gasteiger partial charge in [-0.3, -0.25) is 10.2 Å². The van der Waals surface area contributed by atoms with Gasteiger partial charge in [0.05, 0.1) is 11.8 Å². The zero-order valence-corrected chi connectivity index (χ0v) is 8.21. The van der Waals surface area contributed by atoms with E-state index < -0.39 is 5.97 Å².